The Kier molecular flexibility index (Phi) is 7.54. The van der Waals surface area contributed by atoms with E-state index in [2.05, 4.69) is 5.32 Å². The average Bonchev–Trinajstić information content (AvgIpc) is 2.17. The summed E-state index contributed by atoms with van der Waals surface area (Å²) in [6.07, 6.45) is 0.427. The molecule has 0 aliphatic carbocycles. The van der Waals surface area contributed by atoms with Crippen molar-refractivity contribution in [2.24, 2.45) is 0 Å². The van der Waals surface area contributed by atoms with Crippen molar-refractivity contribution in [3.8, 4) is 0 Å². The second-order valence-corrected chi connectivity index (χ2v) is 3.93. The van der Waals surface area contributed by atoms with Gasteiger partial charge in [0.05, 0.1) is 6.42 Å². The van der Waals surface area contributed by atoms with Gasteiger partial charge in [-0.1, -0.05) is 6.92 Å². The molecule has 0 unspecified atom stereocenters. The summed E-state index contributed by atoms with van der Waals surface area (Å²) in [5.74, 6) is -0.859. The molecule has 0 aliphatic rings. The topological polar surface area (TPSA) is 69.6 Å². The maximum Gasteiger partial charge on any atom is 0.305 e. The highest BCUT2D eigenvalue weighted by Crippen LogP contribution is 2.03. The summed E-state index contributed by atoms with van der Waals surface area (Å²) in [5.41, 5.74) is 0. The van der Waals surface area contributed by atoms with Gasteiger partial charge in [0.25, 0.3) is 0 Å². The van der Waals surface area contributed by atoms with Gasteiger partial charge in [-0.25, -0.2) is 0 Å². The molecule has 16 heavy (non-hydrogen) atoms. The zero-order chi connectivity index (χ0) is 12.6. The lowest BCUT2D eigenvalue weighted by Crippen LogP contribution is -2.39. The van der Waals surface area contributed by atoms with Gasteiger partial charge in [-0.3, -0.25) is 9.59 Å². The summed E-state index contributed by atoms with van der Waals surface area (Å²) in [7, 11) is 0. The molecule has 0 atom stereocenters. The molecule has 0 fully saturated rings. The molecule has 0 rings (SSSR count). The first-order chi connectivity index (χ1) is 7.49. The zero-order valence-corrected chi connectivity index (χ0v) is 10.3. The van der Waals surface area contributed by atoms with Gasteiger partial charge in [-0.2, -0.15) is 0 Å². The Morgan fingerprint density at radius 3 is 2.38 bits per heavy atom. The third-order valence-electron chi connectivity index (χ3n) is 2.28. The minimum absolute atomic E-state index is 0.00509. The summed E-state index contributed by atoms with van der Waals surface area (Å²) in [6.45, 7) is 7.54. The van der Waals surface area contributed by atoms with Crippen LogP contribution in [0.3, 0.4) is 0 Å². The van der Waals surface area contributed by atoms with E-state index in [1.165, 1.54) is 0 Å². The molecule has 0 bridgehead atoms. The molecule has 0 saturated carbocycles. The van der Waals surface area contributed by atoms with Crippen LogP contribution in [-0.2, 0) is 9.59 Å². The first-order valence-corrected chi connectivity index (χ1v) is 5.71. The van der Waals surface area contributed by atoms with E-state index < -0.39 is 5.97 Å². The van der Waals surface area contributed by atoms with E-state index in [0.717, 1.165) is 6.54 Å². The van der Waals surface area contributed by atoms with Gasteiger partial charge in [0.1, 0.15) is 0 Å². The van der Waals surface area contributed by atoms with E-state index in [9.17, 15) is 9.59 Å². The van der Waals surface area contributed by atoms with E-state index in [0.29, 0.717) is 13.0 Å². The van der Waals surface area contributed by atoms with Crippen LogP contribution < -0.4 is 5.32 Å². The summed E-state index contributed by atoms with van der Waals surface area (Å²) in [6, 6.07) is 0.0495. The number of carboxylic acid groups (broad SMARTS) is 1. The van der Waals surface area contributed by atoms with Crippen molar-refractivity contribution in [2.45, 2.75) is 39.7 Å². The second kappa shape index (κ2) is 8.10. The maximum atomic E-state index is 11.8. The molecule has 2 N–H and O–H groups in total. The van der Waals surface area contributed by atoms with Crippen LogP contribution in [0, 0.1) is 0 Å². The third-order valence-corrected chi connectivity index (χ3v) is 2.28. The zero-order valence-electron chi connectivity index (χ0n) is 10.3. The molecular weight excluding hydrogens is 208 g/mol. The van der Waals surface area contributed by atoms with Gasteiger partial charge in [0, 0.05) is 25.6 Å². The highest BCUT2D eigenvalue weighted by molar-refractivity contribution is 5.77. The van der Waals surface area contributed by atoms with Crippen LogP contribution in [0.15, 0.2) is 0 Å². The Morgan fingerprint density at radius 1 is 1.31 bits per heavy atom. The molecule has 0 aromatic carbocycles. The number of hydrogen-bond acceptors (Lipinski definition) is 3. The van der Waals surface area contributed by atoms with Crippen molar-refractivity contribution in [3.63, 3.8) is 0 Å². The summed E-state index contributed by atoms with van der Waals surface area (Å²) in [5, 5.41) is 11.7. The average molecular weight is 230 g/mol. The Morgan fingerprint density at radius 2 is 1.94 bits per heavy atom. The van der Waals surface area contributed by atoms with Gasteiger partial charge < -0.3 is 15.3 Å². The lowest BCUT2D eigenvalue weighted by Gasteiger charge is -2.26. The fourth-order valence-electron chi connectivity index (χ4n) is 1.40. The van der Waals surface area contributed by atoms with Crippen LogP contribution >= 0.6 is 0 Å². The van der Waals surface area contributed by atoms with Crippen LogP contribution in [0.25, 0.3) is 0 Å². The SMILES string of the molecule is CCNCCC(=O)N(CCC(=O)O)C(C)C. The van der Waals surface area contributed by atoms with E-state index in [4.69, 9.17) is 5.11 Å². The molecule has 5 nitrogen and oxygen atoms in total. The number of nitrogens with one attached hydrogen (secondary N) is 1. The Hall–Kier alpha value is -1.10. The second-order valence-electron chi connectivity index (χ2n) is 3.93. The predicted octanol–water partition coefficient (Wildman–Crippen LogP) is 0.698. The van der Waals surface area contributed by atoms with Crippen molar-refractivity contribution in [1.82, 2.24) is 10.2 Å². The number of carbonyl (C=O) groups is 2. The van der Waals surface area contributed by atoms with Crippen molar-refractivity contribution in [2.75, 3.05) is 19.6 Å². The van der Waals surface area contributed by atoms with Gasteiger partial charge >= 0.3 is 5.97 Å². The highest BCUT2D eigenvalue weighted by atomic mass is 16.4. The number of carboxylic acids is 1. The van der Waals surface area contributed by atoms with Crippen molar-refractivity contribution in [1.29, 1.82) is 0 Å². The molecule has 0 heterocycles. The number of nitrogens with zero attached hydrogens (tertiary/aromatic N) is 1. The van der Waals surface area contributed by atoms with Crippen molar-refractivity contribution < 1.29 is 14.7 Å². The molecule has 94 valence electrons. The maximum absolute atomic E-state index is 11.8. The fourth-order valence-corrected chi connectivity index (χ4v) is 1.40. The molecule has 0 aliphatic heterocycles. The lowest BCUT2D eigenvalue weighted by atomic mass is 10.2. The van der Waals surface area contributed by atoms with Crippen LogP contribution in [0.2, 0.25) is 0 Å². The van der Waals surface area contributed by atoms with Crippen molar-refractivity contribution in [3.05, 3.63) is 0 Å². The number of hydrogen-bond donors (Lipinski definition) is 2. The summed E-state index contributed by atoms with van der Waals surface area (Å²) >= 11 is 0. The molecule has 5 heteroatoms. The van der Waals surface area contributed by atoms with Crippen molar-refractivity contribution >= 4 is 11.9 Å². The Bertz CT molecular complexity index is 229. The number of amides is 1. The standard InChI is InChI=1S/C11H22N2O3/c1-4-12-7-5-10(14)13(9(2)3)8-6-11(15)16/h9,12H,4-8H2,1-3H3,(H,15,16). The minimum Gasteiger partial charge on any atom is -0.481 e. The number of aliphatic carboxylic acids is 1. The van der Waals surface area contributed by atoms with Crippen LogP contribution in [0.1, 0.15) is 33.6 Å². The molecule has 0 aromatic heterocycles. The Balaban J connectivity index is 4.08. The van der Waals surface area contributed by atoms with E-state index in [1.54, 1.807) is 4.90 Å². The smallest absolute Gasteiger partial charge is 0.305 e. The largest absolute Gasteiger partial charge is 0.481 e. The molecule has 0 radical (unpaired) electrons. The summed E-state index contributed by atoms with van der Waals surface area (Å²) < 4.78 is 0. The summed E-state index contributed by atoms with van der Waals surface area (Å²) in [4.78, 5) is 23.8. The van der Waals surface area contributed by atoms with E-state index >= 15 is 0 Å². The molecule has 0 aromatic rings. The third kappa shape index (κ3) is 6.40. The molecule has 1 amide bonds. The predicted molar refractivity (Wildman–Crippen MR) is 62.3 cm³/mol. The highest BCUT2D eigenvalue weighted by Gasteiger charge is 2.16. The lowest BCUT2D eigenvalue weighted by molar-refractivity contribution is -0.139. The fraction of sp³-hybridized carbons (Fsp3) is 0.818. The van der Waals surface area contributed by atoms with Crippen LogP contribution in [-0.4, -0.2) is 47.6 Å². The first kappa shape index (κ1) is 14.9. The monoisotopic (exact) mass is 230 g/mol. The van der Waals surface area contributed by atoms with Gasteiger partial charge in [0.2, 0.25) is 5.91 Å². The Labute approximate surface area is 96.8 Å². The normalized spacial score (nSPS) is 10.5. The van der Waals surface area contributed by atoms with E-state index in [-0.39, 0.29) is 24.9 Å². The quantitative estimate of drug-likeness (QED) is 0.602. The van der Waals surface area contributed by atoms with Gasteiger partial charge in [-0.15, -0.1) is 0 Å². The molecule has 0 saturated heterocycles. The van der Waals surface area contributed by atoms with Crippen LogP contribution in [0.5, 0.6) is 0 Å². The van der Waals surface area contributed by atoms with Gasteiger partial charge in [0.15, 0.2) is 0 Å². The molecular formula is C11H22N2O3. The molecule has 0 spiro atoms. The minimum atomic E-state index is -0.870. The number of rotatable bonds is 8. The van der Waals surface area contributed by atoms with Crippen LogP contribution in [0.4, 0.5) is 0 Å². The first-order valence-electron chi connectivity index (χ1n) is 5.71. The van der Waals surface area contributed by atoms with Gasteiger partial charge in [-0.05, 0) is 20.4 Å². The number of carbonyl (C=O) groups excluding carboxylic acids is 1. The van der Waals surface area contributed by atoms with E-state index in [1.807, 2.05) is 20.8 Å².